The van der Waals surface area contributed by atoms with Gasteiger partial charge in [-0.3, -0.25) is 14.5 Å². The Morgan fingerprint density at radius 2 is 2.06 bits per heavy atom. The van der Waals surface area contributed by atoms with E-state index in [9.17, 15) is 9.59 Å². The number of benzene rings is 1. The molecular weight excluding hydrogens is 392 g/mol. The topological polar surface area (TPSA) is 78.5 Å². The smallest absolute Gasteiger partial charge is 0.256 e. The second kappa shape index (κ2) is 8.46. The van der Waals surface area contributed by atoms with Crippen molar-refractivity contribution in [3.63, 3.8) is 0 Å². The predicted molar refractivity (Wildman–Crippen MR) is 117 cm³/mol. The Kier molecular flexibility index (Phi) is 5.52. The van der Waals surface area contributed by atoms with Gasteiger partial charge in [-0.1, -0.05) is 18.2 Å². The Labute approximate surface area is 182 Å². The van der Waals surface area contributed by atoms with Gasteiger partial charge >= 0.3 is 0 Å². The number of methoxy groups -OCH3 is 1. The number of aromatic amines is 1. The number of amides is 1. The third-order valence-corrected chi connectivity index (χ3v) is 6.80. The molecule has 3 aliphatic rings. The van der Waals surface area contributed by atoms with Gasteiger partial charge in [0, 0.05) is 43.5 Å². The molecule has 1 amide bonds. The summed E-state index contributed by atoms with van der Waals surface area (Å²) in [7, 11) is 1.71. The van der Waals surface area contributed by atoms with E-state index in [4.69, 9.17) is 9.72 Å². The summed E-state index contributed by atoms with van der Waals surface area (Å²) in [6, 6.07) is 8.13. The molecule has 2 aromatic rings. The molecule has 2 aliphatic heterocycles. The first-order valence-corrected chi connectivity index (χ1v) is 11.4. The van der Waals surface area contributed by atoms with E-state index < -0.39 is 0 Å². The van der Waals surface area contributed by atoms with Crippen LogP contribution in [0.4, 0.5) is 0 Å². The van der Waals surface area contributed by atoms with Crippen LogP contribution in [0.15, 0.2) is 29.1 Å². The van der Waals surface area contributed by atoms with Crippen molar-refractivity contribution >= 4 is 5.91 Å². The van der Waals surface area contributed by atoms with E-state index in [0.717, 1.165) is 62.6 Å². The van der Waals surface area contributed by atoms with Crippen LogP contribution in [0.3, 0.4) is 0 Å². The zero-order chi connectivity index (χ0) is 21.4. The highest BCUT2D eigenvalue weighted by Gasteiger charge is 2.35. The number of H-pyrrole nitrogens is 1. The summed E-state index contributed by atoms with van der Waals surface area (Å²) < 4.78 is 5.51. The molecule has 1 N–H and O–H groups in total. The molecule has 1 saturated carbocycles. The van der Waals surface area contributed by atoms with E-state index in [0.29, 0.717) is 25.1 Å². The first kappa shape index (κ1) is 20.2. The van der Waals surface area contributed by atoms with Gasteiger partial charge in [-0.15, -0.1) is 0 Å². The van der Waals surface area contributed by atoms with Gasteiger partial charge in [0.05, 0.1) is 24.9 Å². The molecular formula is C24H30N4O3. The van der Waals surface area contributed by atoms with E-state index in [1.165, 1.54) is 5.56 Å². The molecule has 1 aromatic carbocycles. The third-order valence-electron chi connectivity index (χ3n) is 6.80. The van der Waals surface area contributed by atoms with Crippen molar-refractivity contribution < 1.29 is 9.53 Å². The molecule has 1 aromatic heterocycles. The standard InChI is InChI=1S/C24H30N4O3/c1-31-21-7-3-2-5-17(21)13-27-11-4-6-18(14-27)22-25-20-10-12-28(24(30)16-8-9-16)15-19(20)23(29)26-22/h2-3,5,7,16,18H,4,6,8-15H2,1H3,(H,25,26,29). The first-order chi connectivity index (χ1) is 15.1. The number of rotatable bonds is 5. The lowest BCUT2D eigenvalue weighted by atomic mass is 9.96. The largest absolute Gasteiger partial charge is 0.496 e. The van der Waals surface area contributed by atoms with E-state index >= 15 is 0 Å². The van der Waals surface area contributed by atoms with Gasteiger partial charge in [0.1, 0.15) is 11.6 Å². The number of hydrogen-bond donors (Lipinski definition) is 1. The molecule has 0 spiro atoms. The van der Waals surface area contributed by atoms with Gasteiger partial charge in [-0.25, -0.2) is 4.98 Å². The normalized spacial score (nSPS) is 21.6. The van der Waals surface area contributed by atoms with Gasteiger partial charge in [0.15, 0.2) is 0 Å². The Bertz CT molecular complexity index is 1030. The summed E-state index contributed by atoms with van der Waals surface area (Å²) in [6.45, 7) is 3.79. The molecule has 0 bridgehead atoms. The molecule has 31 heavy (non-hydrogen) atoms. The van der Waals surface area contributed by atoms with Crippen molar-refractivity contribution in [3.8, 4) is 5.75 Å². The number of fused-ring (bicyclic) bond motifs is 1. The average Bonchev–Trinajstić information content (AvgIpc) is 3.64. The average molecular weight is 423 g/mol. The number of carbonyl (C=O) groups excluding carboxylic acids is 1. The fourth-order valence-corrected chi connectivity index (χ4v) is 4.91. The summed E-state index contributed by atoms with van der Waals surface area (Å²) in [6.07, 6.45) is 4.74. The van der Waals surface area contributed by atoms with E-state index in [1.54, 1.807) is 7.11 Å². The minimum Gasteiger partial charge on any atom is -0.496 e. The third kappa shape index (κ3) is 4.24. The van der Waals surface area contributed by atoms with Gasteiger partial charge in [0.25, 0.3) is 5.56 Å². The molecule has 1 aliphatic carbocycles. The number of nitrogens with one attached hydrogen (secondary N) is 1. The molecule has 1 unspecified atom stereocenters. The van der Waals surface area contributed by atoms with Crippen LogP contribution in [0.2, 0.25) is 0 Å². The van der Waals surface area contributed by atoms with Crippen LogP contribution in [-0.2, 0) is 24.3 Å². The molecule has 1 saturated heterocycles. The second-order valence-corrected chi connectivity index (χ2v) is 9.05. The van der Waals surface area contributed by atoms with Crippen LogP contribution in [-0.4, -0.2) is 52.4 Å². The Morgan fingerprint density at radius 1 is 1.23 bits per heavy atom. The number of nitrogens with zero attached hydrogens (tertiary/aromatic N) is 3. The maximum Gasteiger partial charge on any atom is 0.256 e. The quantitative estimate of drug-likeness (QED) is 0.801. The highest BCUT2D eigenvalue weighted by molar-refractivity contribution is 5.81. The number of hydrogen-bond acceptors (Lipinski definition) is 5. The molecule has 5 rings (SSSR count). The summed E-state index contributed by atoms with van der Waals surface area (Å²) in [4.78, 5) is 37.5. The van der Waals surface area contributed by atoms with Crippen molar-refractivity contribution in [2.45, 2.75) is 51.1 Å². The van der Waals surface area contributed by atoms with E-state index in [1.807, 2.05) is 23.1 Å². The van der Waals surface area contributed by atoms with Gasteiger partial charge in [0.2, 0.25) is 5.91 Å². The van der Waals surface area contributed by atoms with Crippen LogP contribution in [0.1, 0.15) is 54.2 Å². The van der Waals surface area contributed by atoms with Crippen LogP contribution >= 0.6 is 0 Å². The maximum atomic E-state index is 12.9. The zero-order valence-corrected chi connectivity index (χ0v) is 18.1. The van der Waals surface area contributed by atoms with Gasteiger partial charge < -0.3 is 14.6 Å². The van der Waals surface area contributed by atoms with Crippen LogP contribution in [0, 0.1) is 5.92 Å². The summed E-state index contributed by atoms with van der Waals surface area (Å²) in [5.74, 6) is 2.32. The first-order valence-electron chi connectivity index (χ1n) is 11.4. The van der Waals surface area contributed by atoms with Crippen LogP contribution < -0.4 is 10.3 Å². The monoisotopic (exact) mass is 422 g/mol. The van der Waals surface area contributed by atoms with E-state index in [2.05, 4.69) is 16.0 Å². The molecule has 3 heterocycles. The highest BCUT2D eigenvalue weighted by Crippen LogP contribution is 2.33. The number of carbonyl (C=O) groups is 1. The molecule has 7 heteroatoms. The lowest BCUT2D eigenvalue weighted by molar-refractivity contribution is -0.133. The van der Waals surface area contributed by atoms with Crippen LogP contribution in [0.5, 0.6) is 5.75 Å². The molecule has 2 fully saturated rings. The number of likely N-dealkylation sites (tertiary alicyclic amines) is 1. The van der Waals surface area contributed by atoms with Crippen molar-refractivity contribution in [2.24, 2.45) is 5.92 Å². The Balaban J connectivity index is 1.31. The lowest BCUT2D eigenvalue weighted by Crippen LogP contribution is -2.41. The zero-order valence-electron chi connectivity index (χ0n) is 18.1. The van der Waals surface area contributed by atoms with Gasteiger partial charge in [-0.05, 0) is 38.3 Å². The number of para-hydroxylation sites is 1. The van der Waals surface area contributed by atoms with Crippen LogP contribution in [0.25, 0.3) is 0 Å². The lowest BCUT2D eigenvalue weighted by Gasteiger charge is -2.33. The van der Waals surface area contributed by atoms with Gasteiger partial charge in [-0.2, -0.15) is 0 Å². The summed E-state index contributed by atoms with van der Waals surface area (Å²) in [5.41, 5.74) is 2.65. The number of aromatic nitrogens is 2. The summed E-state index contributed by atoms with van der Waals surface area (Å²) >= 11 is 0. The van der Waals surface area contributed by atoms with E-state index in [-0.39, 0.29) is 23.3 Å². The SMILES string of the molecule is COc1ccccc1CN1CCCC(c2nc3c(c(=O)[nH]2)CN(C(=O)C2CC2)CC3)C1. The molecule has 7 nitrogen and oxygen atoms in total. The van der Waals surface area contributed by atoms with Crippen molar-refractivity contribution in [1.82, 2.24) is 19.8 Å². The fourth-order valence-electron chi connectivity index (χ4n) is 4.91. The summed E-state index contributed by atoms with van der Waals surface area (Å²) in [5, 5.41) is 0. The predicted octanol–water partition coefficient (Wildman–Crippen LogP) is 2.45. The molecule has 0 radical (unpaired) electrons. The highest BCUT2D eigenvalue weighted by atomic mass is 16.5. The van der Waals surface area contributed by atoms with Crippen molar-refractivity contribution in [1.29, 1.82) is 0 Å². The Morgan fingerprint density at radius 3 is 2.87 bits per heavy atom. The minimum absolute atomic E-state index is 0.0739. The Hall–Kier alpha value is -2.67. The fraction of sp³-hybridized carbons (Fsp3) is 0.542. The minimum atomic E-state index is -0.0739. The molecule has 164 valence electrons. The maximum absolute atomic E-state index is 12.9. The van der Waals surface area contributed by atoms with Crippen molar-refractivity contribution in [3.05, 3.63) is 57.3 Å². The molecule has 1 atom stereocenters. The van der Waals surface area contributed by atoms with Crippen molar-refractivity contribution in [2.75, 3.05) is 26.7 Å². The number of piperidine rings is 1. The second-order valence-electron chi connectivity index (χ2n) is 9.05. The number of ether oxygens (including phenoxy) is 1.